The standard InChI is InChI=1S/C17H17N.ClH/c1-2-5-15-12(4-1)10-14-11-13(7-8-16(14)15)17-6-3-9-18-17;/h1-2,4-5,7-8,11,17-18H,3,6,9-10H2;1H/t17-;/m1./s1. The normalized spacial score (nSPS) is 19.7. The predicted molar refractivity (Wildman–Crippen MR) is 81.9 cm³/mol. The number of hydrogen-bond donors (Lipinski definition) is 1. The molecular formula is C17H18ClN. The average molecular weight is 272 g/mol. The largest absolute Gasteiger partial charge is 0.310 e. The molecule has 1 saturated heterocycles. The maximum Gasteiger partial charge on any atom is 0.0320 e. The van der Waals surface area contributed by atoms with Gasteiger partial charge in [0.25, 0.3) is 0 Å². The topological polar surface area (TPSA) is 12.0 Å². The van der Waals surface area contributed by atoms with Gasteiger partial charge in [-0.05, 0) is 53.6 Å². The number of benzene rings is 2. The molecule has 2 heteroatoms. The van der Waals surface area contributed by atoms with Gasteiger partial charge < -0.3 is 5.32 Å². The van der Waals surface area contributed by atoms with E-state index in [0.717, 1.165) is 6.42 Å². The van der Waals surface area contributed by atoms with Crippen molar-refractivity contribution in [2.24, 2.45) is 0 Å². The quantitative estimate of drug-likeness (QED) is 0.703. The van der Waals surface area contributed by atoms with Crippen LogP contribution in [0.5, 0.6) is 0 Å². The monoisotopic (exact) mass is 271 g/mol. The molecule has 1 N–H and O–H groups in total. The van der Waals surface area contributed by atoms with E-state index in [4.69, 9.17) is 0 Å². The van der Waals surface area contributed by atoms with E-state index >= 15 is 0 Å². The molecule has 0 unspecified atom stereocenters. The van der Waals surface area contributed by atoms with Crippen molar-refractivity contribution in [1.29, 1.82) is 0 Å². The summed E-state index contributed by atoms with van der Waals surface area (Å²) in [5.74, 6) is 0. The predicted octanol–water partition coefficient (Wildman–Crippen LogP) is 4.10. The fourth-order valence-electron chi connectivity index (χ4n) is 3.35. The van der Waals surface area contributed by atoms with Crippen LogP contribution in [-0.4, -0.2) is 6.54 Å². The zero-order chi connectivity index (χ0) is 11.9. The zero-order valence-electron chi connectivity index (χ0n) is 10.9. The van der Waals surface area contributed by atoms with Crippen LogP contribution >= 0.6 is 12.4 Å². The third-order valence-corrected chi connectivity index (χ3v) is 4.28. The van der Waals surface area contributed by atoms with Crippen LogP contribution < -0.4 is 5.32 Å². The van der Waals surface area contributed by atoms with Crippen LogP contribution in [0.3, 0.4) is 0 Å². The minimum Gasteiger partial charge on any atom is -0.310 e. The summed E-state index contributed by atoms with van der Waals surface area (Å²) < 4.78 is 0. The smallest absolute Gasteiger partial charge is 0.0320 e. The van der Waals surface area contributed by atoms with E-state index in [-0.39, 0.29) is 12.4 Å². The molecule has 4 rings (SSSR count). The van der Waals surface area contributed by atoms with E-state index in [2.05, 4.69) is 47.8 Å². The minimum absolute atomic E-state index is 0. The number of hydrogen-bond acceptors (Lipinski definition) is 1. The van der Waals surface area contributed by atoms with E-state index in [1.165, 1.54) is 47.2 Å². The van der Waals surface area contributed by atoms with Crippen LogP contribution in [0.2, 0.25) is 0 Å². The van der Waals surface area contributed by atoms with Gasteiger partial charge in [-0.25, -0.2) is 0 Å². The Bertz CT molecular complexity index is 600. The first-order valence-corrected chi connectivity index (χ1v) is 6.86. The molecule has 1 heterocycles. The van der Waals surface area contributed by atoms with Gasteiger partial charge in [0.05, 0.1) is 0 Å². The summed E-state index contributed by atoms with van der Waals surface area (Å²) in [5.41, 5.74) is 7.32. The first kappa shape index (κ1) is 12.7. The Morgan fingerprint density at radius 1 is 0.947 bits per heavy atom. The van der Waals surface area contributed by atoms with Crippen molar-refractivity contribution in [1.82, 2.24) is 5.32 Å². The Morgan fingerprint density at radius 2 is 1.79 bits per heavy atom. The maximum atomic E-state index is 3.59. The van der Waals surface area contributed by atoms with Crippen molar-refractivity contribution < 1.29 is 0 Å². The lowest BCUT2D eigenvalue weighted by atomic mass is 9.99. The van der Waals surface area contributed by atoms with Crippen molar-refractivity contribution in [3.8, 4) is 11.1 Å². The van der Waals surface area contributed by atoms with Gasteiger partial charge in [-0.15, -0.1) is 12.4 Å². The second-order valence-corrected chi connectivity index (χ2v) is 5.40. The van der Waals surface area contributed by atoms with E-state index in [1.54, 1.807) is 0 Å². The second-order valence-electron chi connectivity index (χ2n) is 5.40. The first-order chi connectivity index (χ1) is 8.92. The summed E-state index contributed by atoms with van der Waals surface area (Å²) >= 11 is 0. The van der Waals surface area contributed by atoms with Crippen molar-refractivity contribution in [2.45, 2.75) is 25.3 Å². The molecule has 2 aromatic carbocycles. The molecular weight excluding hydrogens is 254 g/mol. The van der Waals surface area contributed by atoms with Crippen molar-refractivity contribution in [3.05, 3.63) is 59.2 Å². The van der Waals surface area contributed by atoms with Gasteiger partial charge in [-0.2, -0.15) is 0 Å². The number of rotatable bonds is 1. The van der Waals surface area contributed by atoms with Crippen LogP contribution in [0.1, 0.15) is 35.6 Å². The van der Waals surface area contributed by atoms with Gasteiger partial charge >= 0.3 is 0 Å². The SMILES string of the molecule is Cl.c1ccc2c(c1)Cc1cc([C@H]3CCCN3)ccc1-2. The Kier molecular flexibility index (Phi) is 3.34. The molecule has 2 aromatic rings. The highest BCUT2D eigenvalue weighted by atomic mass is 35.5. The molecule has 0 spiro atoms. The zero-order valence-corrected chi connectivity index (χ0v) is 11.7. The van der Waals surface area contributed by atoms with Crippen molar-refractivity contribution in [2.75, 3.05) is 6.54 Å². The molecule has 0 amide bonds. The van der Waals surface area contributed by atoms with Crippen molar-refractivity contribution in [3.63, 3.8) is 0 Å². The maximum absolute atomic E-state index is 3.59. The molecule has 1 aliphatic carbocycles. The van der Waals surface area contributed by atoms with Crippen LogP contribution in [0.15, 0.2) is 42.5 Å². The van der Waals surface area contributed by atoms with Gasteiger partial charge in [0, 0.05) is 6.04 Å². The second kappa shape index (κ2) is 4.99. The number of halogens is 1. The van der Waals surface area contributed by atoms with Crippen molar-refractivity contribution >= 4 is 12.4 Å². The highest BCUT2D eigenvalue weighted by Gasteiger charge is 2.21. The van der Waals surface area contributed by atoms with Crippen LogP contribution in [0, 0.1) is 0 Å². The Morgan fingerprint density at radius 3 is 2.63 bits per heavy atom. The lowest BCUT2D eigenvalue weighted by Crippen LogP contribution is -2.12. The number of nitrogens with one attached hydrogen (secondary N) is 1. The lowest BCUT2D eigenvalue weighted by Gasteiger charge is -2.12. The molecule has 0 radical (unpaired) electrons. The molecule has 1 fully saturated rings. The fraction of sp³-hybridized carbons (Fsp3) is 0.294. The average Bonchev–Trinajstić information content (AvgIpc) is 3.05. The summed E-state index contributed by atoms with van der Waals surface area (Å²) in [5, 5.41) is 3.59. The molecule has 1 aliphatic heterocycles. The lowest BCUT2D eigenvalue weighted by molar-refractivity contribution is 0.647. The molecule has 1 nitrogen and oxygen atoms in total. The highest BCUT2D eigenvalue weighted by molar-refractivity contribution is 5.85. The first-order valence-electron chi connectivity index (χ1n) is 6.86. The van der Waals surface area contributed by atoms with Gasteiger partial charge in [0.1, 0.15) is 0 Å². The summed E-state index contributed by atoms with van der Waals surface area (Å²) in [7, 11) is 0. The fourth-order valence-corrected chi connectivity index (χ4v) is 3.35. The summed E-state index contributed by atoms with van der Waals surface area (Å²) in [6.07, 6.45) is 3.69. The summed E-state index contributed by atoms with van der Waals surface area (Å²) in [4.78, 5) is 0. The van der Waals surface area contributed by atoms with Crippen LogP contribution in [0.25, 0.3) is 11.1 Å². The van der Waals surface area contributed by atoms with E-state index in [9.17, 15) is 0 Å². The summed E-state index contributed by atoms with van der Waals surface area (Å²) in [6, 6.07) is 16.4. The van der Waals surface area contributed by atoms with Crippen LogP contribution in [-0.2, 0) is 6.42 Å². The molecule has 19 heavy (non-hydrogen) atoms. The minimum atomic E-state index is 0. The molecule has 0 bridgehead atoms. The van der Waals surface area contributed by atoms with Gasteiger partial charge in [0.15, 0.2) is 0 Å². The van der Waals surface area contributed by atoms with Gasteiger partial charge in [0.2, 0.25) is 0 Å². The van der Waals surface area contributed by atoms with E-state index < -0.39 is 0 Å². The van der Waals surface area contributed by atoms with E-state index in [0.29, 0.717) is 6.04 Å². The Labute approximate surface area is 120 Å². The van der Waals surface area contributed by atoms with Gasteiger partial charge in [-0.3, -0.25) is 0 Å². The molecule has 98 valence electrons. The molecule has 1 atom stereocenters. The third kappa shape index (κ3) is 2.07. The van der Waals surface area contributed by atoms with E-state index in [1.807, 2.05) is 0 Å². The Hall–Kier alpha value is -1.31. The van der Waals surface area contributed by atoms with Crippen LogP contribution in [0.4, 0.5) is 0 Å². The highest BCUT2D eigenvalue weighted by Crippen LogP contribution is 2.38. The molecule has 0 aromatic heterocycles. The van der Waals surface area contributed by atoms with Gasteiger partial charge in [-0.1, -0.05) is 42.5 Å². The Balaban J connectivity index is 0.00000110. The molecule has 2 aliphatic rings. The molecule has 0 saturated carbocycles. The number of fused-ring (bicyclic) bond motifs is 3. The third-order valence-electron chi connectivity index (χ3n) is 4.28. The summed E-state index contributed by atoms with van der Waals surface area (Å²) in [6.45, 7) is 1.17.